The van der Waals surface area contributed by atoms with E-state index in [9.17, 15) is 0 Å². The molecule has 3 heterocycles. The maximum atomic E-state index is 5.49. The van der Waals surface area contributed by atoms with Gasteiger partial charge in [0, 0.05) is 53.0 Å². The number of rotatable bonds is 3. The van der Waals surface area contributed by atoms with E-state index in [2.05, 4.69) is 57.9 Å². The minimum absolute atomic E-state index is 0.798. The molecule has 0 bridgehead atoms. The number of ether oxygens (including phenoxy) is 1. The topological polar surface area (TPSA) is 39.9 Å². The van der Waals surface area contributed by atoms with E-state index in [0.717, 1.165) is 17.7 Å². The van der Waals surface area contributed by atoms with Crippen molar-refractivity contribution in [3.63, 3.8) is 0 Å². The summed E-state index contributed by atoms with van der Waals surface area (Å²) in [7, 11) is 1.71. The number of hydrogen-bond donors (Lipinski definition) is 0. The van der Waals surface area contributed by atoms with Crippen LogP contribution < -0.4 is 4.74 Å². The number of aromatic nitrogens is 3. The van der Waals surface area contributed by atoms with Gasteiger partial charge in [-0.25, -0.2) is 0 Å². The van der Waals surface area contributed by atoms with Gasteiger partial charge in [-0.05, 0) is 65.9 Å². The number of aryl methyl sites for hydroxylation is 1. The molecular weight excluding hydrogens is 334 g/mol. The lowest BCUT2D eigenvalue weighted by Crippen LogP contribution is -2.01. The van der Waals surface area contributed by atoms with E-state index in [4.69, 9.17) is 4.74 Å². The van der Waals surface area contributed by atoms with Gasteiger partial charge in [-0.15, -0.1) is 0 Å². The van der Waals surface area contributed by atoms with Gasteiger partial charge in [-0.3, -0.25) is 9.97 Å². The monoisotopic (exact) mass is 353 g/mol. The molecule has 4 heteroatoms. The van der Waals surface area contributed by atoms with Crippen molar-refractivity contribution in [1.29, 1.82) is 0 Å². The van der Waals surface area contributed by atoms with Crippen molar-refractivity contribution in [3.05, 3.63) is 78.4 Å². The maximum absolute atomic E-state index is 5.49. The molecule has 5 aromatic rings. The van der Waals surface area contributed by atoms with E-state index in [1.165, 1.54) is 38.3 Å². The Morgan fingerprint density at radius 3 is 2.52 bits per heavy atom. The summed E-state index contributed by atoms with van der Waals surface area (Å²) in [6, 6.07) is 14.8. The van der Waals surface area contributed by atoms with Crippen LogP contribution in [0.1, 0.15) is 11.1 Å². The summed E-state index contributed by atoms with van der Waals surface area (Å²) in [4.78, 5) is 8.46. The standard InChI is InChI=1S/C23H19N3O/c1-15-19-7-10-25-13-17(19)11-21-20-12-18(27-2)3-4-22(20)26(23(15)21)14-16-5-8-24-9-6-16/h3-13H,14H2,1-2H3. The van der Waals surface area contributed by atoms with Crippen LogP contribution in [0.25, 0.3) is 32.6 Å². The molecule has 0 radical (unpaired) electrons. The van der Waals surface area contributed by atoms with Crippen molar-refractivity contribution < 1.29 is 4.74 Å². The van der Waals surface area contributed by atoms with E-state index in [1.54, 1.807) is 7.11 Å². The average molecular weight is 353 g/mol. The summed E-state index contributed by atoms with van der Waals surface area (Å²) in [5, 5.41) is 4.83. The van der Waals surface area contributed by atoms with Crippen LogP contribution in [0.3, 0.4) is 0 Å². The highest BCUT2D eigenvalue weighted by molar-refractivity contribution is 6.14. The summed E-state index contributed by atoms with van der Waals surface area (Å²) < 4.78 is 7.88. The van der Waals surface area contributed by atoms with Gasteiger partial charge in [0.1, 0.15) is 5.75 Å². The van der Waals surface area contributed by atoms with E-state index >= 15 is 0 Å². The summed E-state index contributed by atoms with van der Waals surface area (Å²) in [5.41, 5.74) is 4.96. The minimum atomic E-state index is 0.798. The van der Waals surface area contributed by atoms with Crippen LogP contribution in [-0.2, 0) is 6.54 Å². The molecular formula is C23H19N3O. The third kappa shape index (κ3) is 2.45. The number of benzene rings is 2. The first-order valence-corrected chi connectivity index (χ1v) is 8.98. The van der Waals surface area contributed by atoms with Gasteiger partial charge in [0.15, 0.2) is 0 Å². The van der Waals surface area contributed by atoms with Crippen molar-refractivity contribution in [2.75, 3.05) is 7.11 Å². The zero-order chi connectivity index (χ0) is 18.4. The molecule has 0 aliphatic heterocycles. The molecule has 0 amide bonds. The quantitative estimate of drug-likeness (QED) is 0.453. The summed E-state index contributed by atoms with van der Waals surface area (Å²) >= 11 is 0. The fourth-order valence-electron chi connectivity index (χ4n) is 4.02. The second kappa shape index (κ2) is 6.09. The first-order chi connectivity index (χ1) is 13.3. The van der Waals surface area contributed by atoms with E-state index in [0.29, 0.717) is 0 Å². The molecule has 0 saturated heterocycles. The first-order valence-electron chi connectivity index (χ1n) is 8.98. The highest BCUT2D eigenvalue weighted by Crippen LogP contribution is 2.37. The Bertz CT molecular complexity index is 1290. The summed E-state index contributed by atoms with van der Waals surface area (Å²) in [6.45, 7) is 3.00. The van der Waals surface area contributed by atoms with E-state index in [1.807, 2.05) is 30.9 Å². The number of pyridine rings is 2. The van der Waals surface area contributed by atoms with Crippen LogP contribution in [0.5, 0.6) is 5.75 Å². The molecule has 0 N–H and O–H groups in total. The van der Waals surface area contributed by atoms with Gasteiger partial charge < -0.3 is 9.30 Å². The lowest BCUT2D eigenvalue weighted by atomic mass is 10.0. The molecule has 0 spiro atoms. The second-order valence-corrected chi connectivity index (χ2v) is 6.82. The smallest absolute Gasteiger partial charge is 0.119 e. The third-order valence-corrected chi connectivity index (χ3v) is 5.31. The van der Waals surface area contributed by atoms with Crippen molar-refractivity contribution >= 4 is 32.6 Å². The van der Waals surface area contributed by atoms with Crippen LogP contribution in [0.15, 0.2) is 67.3 Å². The molecule has 0 fully saturated rings. The van der Waals surface area contributed by atoms with E-state index in [-0.39, 0.29) is 0 Å². The Morgan fingerprint density at radius 1 is 0.889 bits per heavy atom. The third-order valence-electron chi connectivity index (χ3n) is 5.31. The zero-order valence-electron chi connectivity index (χ0n) is 15.3. The SMILES string of the molecule is COc1ccc2c(c1)c1cc3cnccc3c(C)c1n2Cc1ccncc1. The highest BCUT2D eigenvalue weighted by Gasteiger charge is 2.16. The summed E-state index contributed by atoms with van der Waals surface area (Å²) in [5.74, 6) is 0.870. The van der Waals surface area contributed by atoms with Crippen LogP contribution in [-0.4, -0.2) is 21.6 Å². The summed E-state index contributed by atoms with van der Waals surface area (Å²) in [6.07, 6.45) is 7.49. The molecule has 132 valence electrons. The molecule has 4 nitrogen and oxygen atoms in total. The molecule has 5 rings (SSSR count). The maximum Gasteiger partial charge on any atom is 0.119 e. The number of methoxy groups -OCH3 is 1. The predicted molar refractivity (Wildman–Crippen MR) is 109 cm³/mol. The van der Waals surface area contributed by atoms with Crippen LogP contribution in [0.4, 0.5) is 0 Å². The van der Waals surface area contributed by atoms with Gasteiger partial charge >= 0.3 is 0 Å². The normalized spacial score (nSPS) is 11.5. The van der Waals surface area contributed by atoms with Crippen molar-refractivity contribution in [2.24, 2.45) is 0 Å². The zero-order valence-corrected chi connectivity index (χ0v) is 15.3. The van der Waals surface area contributed by atoms with Gasteiger partial charge in [0.25, 0.3) is 0 Å². The fourth-order valence-corrected chi connectivity index (χ4v) is 4.02. The van der Waals surface area contributed by atoms with Gasteiger partial charge in [-0.1, -0.05) is 0 Å². The Hall–Kier alpha value is -3.40. The van der Waals surface area contributed by atoms with Gasteiger partial charge in [0.05, 0.1) is 12.6 Å². The Kier molecular flexibility index (Phi) is 3.57. The van der Waals surface area contributed by atoms with Crippen LogP contribution >= 0.6 is 0 Å². The first kappa shape index (κ1) is 15.8. The molecule has 0 atom stereocenters. The van der Waals surface area contributed by atoms with Crippen molar-refractivity contribution in [1.82, 2.24) is 14.5 Å². The predicted octanol–water partition coefficient (Wildman–Crippen LogP) is 5.10. The largest absolute Gasteiger partial charge is 0.497 e. The van der Waals surface area contributed by atoms with Gasteiger partial charge in [-0.2, -0.15) is 0 Å². The highest BCUT2D eigenvalue weighted by atomic mass is 16.5. The fraction of sp³-hybridized carbons (Fsp3) is 0.130. The molecule has 0 aliphatic rings. The number of nitrogens with zero attached hydrogens (tertiary/aromatic N) is 3. The van der Waals surface area contributed by atoms with Gasteiger partial charge in [0.2, 0.25) is 0 Å². The lowest BCUT2D eigenvalue weighted by molar-refractivity contribution is 0.415. The number of fused-ring (bicyclic) bond motifs is 4. The van der Waals surface area contributed by atoms with Crippen LogP contribution in [0, 0.1) is 6.92 Å². The van der Waals surface area contributed by atoms with Crippen molar-refractivity contribution in [2.45, 2.75) is 13.5 Å². The van der Waals surface area contributed by atoms with E-state index < -0.39 is 0 Å². The Morgan fingerprint density at radius 2 is 1.70 bits per heavy atom. The minimum Gasteiger partial charge on any atom is -0.497 e. The number of hydrogen-bond acceptors (Lipinski definition) is 3. The molecule has 3 aromatic heterocycles. The molecule has 0 unspecified atom stereocenters. The average Bonchev–Trinajstić information content (AvgIpc) is 3.02. The molecule has 0 aliphatic carbocycles. The molecule has 2 aromatic carbocycles. The van der Waals surface area contributed by atoms with Crippen LogP contribution in [0.2, 0.25) is 0 Å². The molecule has 0 saturated carbocycles. The lowest BCUT2D eigenvalue weighted by Gasteiger charge is -2.11. The Balaban J connectivity index is 1.91. The second-order valence-electron chi connectivity index (χ2n) is 6.82. The van der Waals surface area contributed by atoms with Crippen molar-refractivity contribution in [3.8, 4) is 5.75 Å². The molecule has 27 heavy (non-hydrogen) atoms. The Labute approximate surface area is 157 Å².